The van der Waals surface area contributed by atoms with Crippen molar-refractivity contribution in [1.29, 1.82) is 0 Å². The number of halogens is 1. The number of amides is 2. The highest BCUT2D eigenvalue weighted by molar-refractivity contribution is 7.80. The second kappa shape index (κ2) is 13.2. The first-order valence-electron chi connectivity index (χ1n) is 15.8. The molecule has 1 saturated carbocycles. The number of nitrogens with zero attached hydrogens (tertiary/aromatic N) is 2. The molecule has 3 heterocycles. The minimum atomic E-state index is 0.0183. The summed E-state index contributed by atoms with van der Waals surface area (Å²) >= 11 is 12.4. The molecule has 1 aliphatic carbocycles. The van der Waals surface area contributed by atoms with Crippen molar-refractivity contribution in [3.05, 3.63) is 58.7 Å². The van der Waals surface area contributed by atoms with Gasteiger partial charge in [0.25, 0.3) is 0 Å². The van der Waals surface area contributed by atoms with Gasteiger partial charge in [-0.05, 0) is 74.2 Å². The number of piperidine rings is 1. The maximum absolute atomic E-state index is 13.2. The van der Waals surface area contributed by atoms with E-state index in [0.717, 1.165) is 105 Å². The van der Waals surface area contributed by atoms with Gasteiger partial charge in [-0.1, -0.05) is 54.2 Å². The number of nitrogens with one attached hydrogen (secondary N) is 2. The molecule has 4 N–H and O–H groups in total. The van der Waals surface area contributed by atoms with Gasteiger partial charge in [0.15, 0.2) is 0 Å². The molecule has 0 unspecified atom stereocenters. The Morgan fingerprint density at radius 2 is 1.86 bits per heavy atom. The molecular formula is C34H42ClN5O3S. The summed E-state index contributed by atoms with van der Waals surface area (Å²) in [5.41, 5.74) is 11.1. The van der Waals surface area contributed by atoms with Crippen LogP contribution < -0.4 is 16.4 Å². The van der Waals surface area contributed by atoms with Crippen LogP contribution in [0.25, 0.3) is 22.0 Å². The third-order valence-corrected chi connectivity index (χ3v) is 10.6. The zero-order chi connectivity index (χ0) is 30.8. The lowest BCUT2D eigenvalue weighted by molar-refractivity contribution is -0.135. The van der Waals surface area contributed by atoms with E-state index in [1.54, 1.807) is 6.92 Å². The fourth-order valence-corrected chi connectivity index (χ4v) is 7.81. The molecule has 1 spiro atoms. The van der Waals surface area contributed by atoms with Gasteiger partial charge in [-0.25, -0.2) is 0 Å². The standard InChI is InChI=1S/C34H42ClN5O3S/c1-22(41)37-11-14-39-12-9-34(10-13-39)18-26(19-34)33(42)38-20-25-5-6-28-29(23-3-2-4-24(17-23)32(36)44)21-40(31(28)30(25)35)27-7-15-43-16-8-27/h2-6,17,21,26-27H,7-16,18-20H2,1H3,(H2,36,44)(H,37,41)(H,38,42). The summed E-state index contributed by atoms with van der Waals surface area (Å²) in [6.07, 6.45) is 8.18. The van der Waals surface area contributed by atoms with E-state index in [-0.39, 0.29) is 29.2 Å². The number of rotatable bonds is 9. The smallest absolute Gasteiger partial charge is 0.223 e. The first-order chi connectivity index (χ1) is 21.2. The number of hydrogen-bond donors (Lipinski definition) is 3. The van der Waals surface area contributed by atoms with Crippen molar-refractivity contribution >= 4 is 51.5 Å². The van der Waals surface area contributed by atoms with Gasteiger partial charge in [0, 0.05) is 74.4 Å². The molecular weight excluding hydrogens is 594 g/mol. The summed E-state index contributed by atoms with van der Waals surface area (Å²) in [4.78, 5) is 27.1. The summed E-state index contributed by atoms with van der Waals surface area (Å²) in [5.74, 6) is 0.196. The molecule has 44 heavy (non-hydrogen) atoms. The van der Waals surface area contributed by atoms with Gasteiger partial charge in [0.2, 0.25) is 11.8 Å². The summed E-state index contributed by atoms with van der Waals surface area (Å²) in [7, 11) is 0. The summed E-state index contributed by atoms with van der Waals surface area (Å²) in [6, 6.07) is 12.5. The zero-order valence-corrected chi connectivity index (χ0v) is 26.9. The highest BCUT2D eigenvalue weighted by atomic mass is 35.5. The van der Waals surface area contributed by atoms with E-state index in [0.29, 0.717) is 23.1 Å². The normalized spacial score (nSPS) is 19.1. The summed E-state index contributed by atoms with van der Waals surface area (Å²) in [6.45, 7) is 7.04. The Labute approximate surface area is 269 Å². The Hall–Kier alpha value is -2.98. The number of fused-ring (bicyclic) bond motifs is 1. The van der Waals surface area contributed by atoms with E-state index in [1.807, 2.05) is 24.3 Å². The monoisotopic (exact) mass is 635 g/mol. The van der Waals surface area contributed by atoms with Crippen LogP contribution >= 0.6 is 23.8 Å². The molecule has 0 bridgehead atoms. The van der Waals surface area contributed by atoms with E-state index >= 15 is 0 Å². The predicted octanol–water partition coefficient (Wildman–Crippen LogP) is 5.19. The Morgan fingerprint density at radius 3 is 2.57 bits per heavy atom. The quantitative estimate of drug-likeness (QED) is 0.280. The maximum Gasteiger partial charge on any atom is 0.223 e. The van der Waals surface area contributed by atoms with E-state index in [4.69, 9.17) is 34.3 Å². The number of carbonyl (C=O) groups is 2. The van der Waals surface area contributed by atoms with Gasteiger partial charge in [0.1, 0.15) is 4.99 Å². The number of carbonyl (C=O) groups excluding carboxylic acids is 2. The number of nitrogens with two attached hydrogens (primary N) is 1. The van der Waals surface area contributed by atoms with Gasteiger partial charge in [0.05, 0.1) is 10.5 Å². The van der Waals surface area contributed by atoms with Crippen LogP contribution in [0.5, 0.6) is 0 Å². The molecule has 3 aliphatic rings. The molecule has 3 fully saturated rings. The van der Waals surface area contributed by atoms with Gasteiger partial charge in [-0.2, -0.15) is 0 Å². The highest BCUT2D eigenvalue weighted by Gasteiger charge is 2.48. The molecule has 2 aromatic carbocycles. The third-order valence-electron chi connectivity index (χ3n) is 9.96. The van der Waals surface area contributed by atoms with Crippen molar-refractivity contribution in [2.75, 3.05) is 39.4 Å². The summed E-state index contributed by atoms with van der Waals surface area (Å²) < 4.78 is 7.97. The maximum atomic E-state index is 13.2. The van der Waals surface area contributed by atoms with E-state index in [9.17, 15) is 9.59 Å². The Balaban J connectivity index is 1.14. The average molecular weight is 636 g/mol. The van der Waals surface area contributed by atoms with Crippen LogP contribution in [0.15, 0.2) is 42.6 Å². The van der Waals surface area contributed by atoms with Gasteiger partial charge in [-0.3, -0.25) is 9.59 Å². The molecule has 3 aromatic rings. The number of aromatic nitrogens is 1. The number of benzene rings is 2. The summed E-state index contributed by atoms with van der Waals surface area (Å²) in [5, 5.41) is 7.84. The van der Waals surface area contributed by atoms with Crippen LogP contribution in [-0.4, -0.2) is 65.7 Å². The van der Waals surface area contributed by atoms with Crippen molar-refractivity contribution in [3.63, 3.8) is 0 Å². The second-order valence-electron chi connectivity index (χ2n) is 12.8. The van der Waals surface area contributed by atoms with Crippen molar-refractivity contribution in [2.24, 2.45) is 17.1 Å². The molecule has 2 aliphatic heterocycles. The highest BCUT2D eigenvalue weighted by Crippen LogP contribution is 2.52. The van der Waals surface area contributed by atoms with Gasteiger partial charge in [-0.15, -0.1) is 0 Å². The number of thiocarbonyl (C=S) groups is 1. The molecule has 2 saturated heterocycles. The van der Waals surface area contributed by atoms with Crippen LogP contribution in [0, 0.1) is 11.3 Å². The van der Waals surface area contributed by atoms with Crippen LogP contribution in [0.3, 0.4) is 0 Å². The van der Waals surface area contributed by atoms with E-state index in [1.165, 1.54) is 0 Å². The molecule has 1 aromatic heterocycles. The first kappa shape index (κ1) is 31.0. The molecule has 0 atom stereocenters. The average Bonchev–Trinajstić information content (AvgIpc) is 3.41. The van der Waals surface area contributed by atoms with Gasteiger partial charge >= 0.3 is 0 Å². The first-order valence-corrected chi connectivity index (χ1v) is 16.6. The third kappa shape index (κ3) is 6.52. The number of likely N-dealkylation sites (tertiary alicyclic amines) is 1. The molecule has 234 valence electrons. The van der Waals surface area contributed by atoms with Crippen molar-refractivity contribution in [1.82, 2.24) is 20.1 Å². The Kier molecular flexibility index (Phi) is 9.29. The second-order valence-corrected chi connectivity index (χ2v) is 13.6. The molecule has 2 amide bonds. The van der Waals surface area contributed by atoms with Crippen LogP contribution in [0.1, 0.15) is 62.6 Å². The largest absolute Gasteiger partial charge is 0.389 e. The van der Waals surface area contributed by atoms with Crippen LogP contribution in [0.2, 0.25) is 5.02 Å². The van der Waals surface area contributed by atoms with Crippen LogP contribution in [0.4, 0.5) is 0 Å². The fourth-order valence-electron chi connectivity index (χ4n) is 7.35. The number of ether oxygens (including phenoxy) is 1. The predicted molar refractivity (Wildman–Crippen MR) is 179 cm³/mol. The molecule has 0 radical (unpaired) electrons. The minimum Gasteiger partial charge on any atom is -0.389 e. The lowest BCUT2D eigenvalue weighted by atomic mass is 9.57. The lowest BCUT2D eigenvalue weighted by Gasteiger charge is -2.51. The SMILES string of the molecule is CC(=O)NCCN1CCC2(CC1)CC(C(=O)NCc1ccc3c(-c4cccc(C(N)=S)c4)cn(C4CCOCC4)c3c1Cl)C2. The minimum absolute atomic E-state index is 0.0183. The van der Waals surface area contributed by atoms with E-state index < -0.39 is 0 Å². The Morgan fingerprint density at radius 1 is 1.11 bits per heavy atom. The molecule has 10 heteroatoms. The number of hydrogen-bond acceptors (Lipinski definition) is 5. The zero-order valence-electron chi connectivity index (χ0n) is 25.4. The van der Waals surface area contributed by atoms with Gasteiger partial charge < -0.3 is 30.6 Å². The van der Waals surface area contributed by atoms with Crippen molar-refractivity contribution in [3.8, 4) is 11.1 Å². The fraction of sp³-hybridized carbons (Fsp3) is 0.500. The molecule has 6 rings (SSSR count). The topological polar surface area (TPSA) is 102 Å². The lowest BCUT2D eigenvalue weighted by Crippen LogP contribution is -2.51. The Bertz CT molecular complexity index is 1550. The molecule has 8 nitrogen and oxygen atoms in total. The van der Waals surface area contributed by atoms with E-state index in [2.05, 4.69) is 38.4 Å². The van der Waals surface area contributed by atoms with Crippen LogP contribution in [-0.2, 0) is 20.9 Å². The van der Waals surface area contributed by atoms with Crippen molar-refractivity contribution in [2.45, 2.75) is 58.0 Å². The van der Waals surface area contributed by atoms with Crippen molar-refractivity contribution < 1.29 is 14.3 Å².